The van der Waals surface area contributed by atoms with Crippen molar-refractivity contribution in [3.8, 4) is 5.69 Å². The highest BCUT2D eigenvalue weighted by atomic mass is 32.2. The zero-order valence-corrected chi connectivity index (χ0v) is 19.8. The quantitative estimate of drug-likeness (QED) is 0.368. The largest absolute Gasteiger partial charge is 0.348 e. The number of benzene rings is 3. The molecule has 7 nitrogen and oxygen atoms in total. The predicted octanol–water partition coefficient (Wildman–Crippen LogP) is 4.54. The van der Waals surface area contributed by atoms with Crippen molar-refractivity contribution in [2.45, 2.75) is 25.5 Å². The van der Waals surface area contributed by atoms with Crippen LogP contribution in [0.2, 0.25) is 0 Å². The van der Waals surface area contributed by atoms with Crippen molar-refractivity contribution in [3.05, 3.63) is 101 Å². The maximum Gasteiger partial charge on any atom is 0.253 e. The van der Waals surface area contributed by atoms with Crippen molar-refractivity contribution in [1.29, 1.82) is 0 Å². The molecule has 0 spiro atoms. The summed E-state index contributed by atoms with van der Waals surface area (Å²) in [6, 6.07) is 24.6. The summed E-state index contributed by atoms with van der Waals surface area (Å²) in [6.45, 7) is 4.31. The van der Waals surface area contributed by atoms with Gasteiger partial charge in [0.25, 0.3) is 5.91 Å². The van der Waals surface area contributed by atoms with Crippen LogP contribution in [-0.4, -0.2) is 32.3 Å². The lowest BCUT2D eigenvalue weighted by molar-refractivity contribution is -0.113. The lowest BCUT2D eigenvalue weighted by atomic mass is 10.1. The minimum absolute atomic E-state index is 0.129. The zero-order valence-electron chi connectivity index (χ0n) is 19.0. The van der Waals surface area contributed by atoms with Crippen LogP contribution in [0.4, 0.5) is 5.69 Å². The Morgan fingerprint density at radius 3 is 2.38 bits per heavy atom. The van der Waals surface area contributed by atoms with E-state index in [-0.39, 0.29) is 17.6 Å². The van der Waals surface area contributed by atoms with Gasteiger partial charge in [-0.1, -0.05) is 72.4 Å². The normalized spacial score (nSPS) is 10.6. The first-order valence-corrected chi connectivity index (χ1v) is 11.8. The molecule has 2 N–H and O–H groups in total. The maximum atomic E-state index is 12.7. The summed E-state index contributed by atoms with van der Waals surface area (Å²) in [6.07, 6.45) is 0. The summed E-state index contributed by atoms with van der Waals surface area (Å²) in [5.41, 5.74) is 3.95. The summed E-state index contributed by atoms with van der Waals surface area (Å²) in [5.74, 6) is 0.398. The van der Waals surface area contributed by atoms with Crippen molar-refractivity contribution in [2.24, 2.45) is 0 Å². The molecule has 4 aromatic rings. The molecule has 1 aromatic heterocycles. The van der Waals surface area contributed by atoms with Crippen LogP contribution in [0, 0.1) is 13.8 Å². The second kappa shape index (κ2) is 10.8. The van der Waals surface area contributed by atoms with Crippen LogP contribution in [-0.2, 0) is 11.3 Å². The van der Waals surface area contributed by atoms with E-state index in [1.54, 1.807) is 24.3 Å². The number of rotatable bonds is 8. The average Bonchev–Trinajstić information content (AvgIpc) is 3.22. The van der Waals surface area contributed by atoms with Crippen LogP contribution in [0.1, 0.15) is 27.3 Å². The van der Waals surface area contributed by atoms with Crippen molar-refractivity contribution < 1.29 is 9.59 Å². The molecular weight excluding hydrogens is 446 g/mol. The van der Waals surface area contributed by atoms with Crippen molar-refractivity contribution in [1.82, 2.24) is 20.1 Å². The summed E-state index contributed by atoms with van der Waals surface area (Å²) in [5, 5.41) is 14.8. The fourth-order valence-electron chi connectivity index (χ4n) is 3.51. The second-order valence-corrected chi connectivity index (χ2v) is 8.64. The van der Waals surface area contributed by atoms with E-state index in [4.69, 9.17) is 0 Å². The Balaban J connectivity index is 1.41. The molecular formula is C26H25N5O2S. The number of hydrogen-bond donors (Lipinski definition) is 2. The minimum atomic E-state index is -0.248. The molecule has 0 aliphatic carbocycles. The third-order valence-corrected chi connectivity index (χ3v) is 6.15. The van der Waals surface area contributed by atoms with E-state index in [2.05, 4.69) is 20.8 Å². The number of anilines is 1. The van der Waals surface area contributed by atoms with Crippen LogP contribution in [0.25, 0.3) is 5.69 Å². The first-order chi connectivity index (χ1) is 16.5. The molecule has 0 atom stereocenters. The first kappa shape index (κ1) is 23.3. The zero-order chi connectivity index (χ0) is 23.9. The van der Waals surface area contributed by atoms with Crippen LogP contribution in [0.5, 0.6) is 0 Å². The summed E-state index contributed by atoms with van der Waals surface area (Å²) in [7, 11) is 0. The van der Waals surface area contributed by atoms with Gasteiger partial charge in [0.05, 0.1) is 22.7 Å². The van der Waals surface area contributed by atoms with Crippen LogP contribution in [0.3, 0.4) is 0 Å². The molecule has 172 valence electrons. The molecule has 1 heterocycles. The molecule has 0 bridgehead atoms. The number of para-hydroxylation sites is 2. The summed E-state index contributed by atoms with van der Waals surface area (Å²) < 4.78 is 1.94. The minimum Gasteiger partial charge on any atom is -0.348 e. The second-order valence-electron chi connectivity index (χ2n) is 7.70. The molecule has 34 heavy (non-hydrogen) atoms. The van der Waals surface area contributed by atoms with Crippen LogP contribution >= 0.6 is 11.8 Å². The lowest BCUT2D eigenvalue weighted by Crippen LogP contribution is -2.25. The van der Waals surface area contributed by atoms with Gasteiger partial charge in [0.2, 0.25) is 5.91 Å². The Bertz CT molecular complexity index is 1300. The Morgan fingerprint density at radius 2 is 1.59 bits per heavy atom. The third-order valence-electron chi connectivity index (χ3n) is 5.23. The Labute approximate surface area is 202 Å². The van der Waals surface area contributed by atoms with Crippen molar-refractivity contribution in [3.63, 3.8) is 0 Å². The average molecular weight is 472 g/mol. The van der Waals surface area contributed by atoms with Gasteiger partial charge >= 0.3 is 0 Å². The van der Waals surface area contributed by atoms with Gasteiger partial charge in [0.15, 0.2) is 5.16 Å². The van der Waals surface area contributed by atoms with Gasteiger partial charge in [-0.15, -0.1) is 10.2 Å². The predicted molar refractivity (Wildman–Crippen MR) is 134 cm³/mol. The number of carbonyl (C=O) groups is 2. The highest BCUT2D eigenvalue weighted by molar-refractivity contribution is 7.99. The van der Waals surface area contributed by atoms with E-state index in [1.807, 2.05) is 73.0 Å². The van der Waals surface area contributed by atoms with Crippen molar-refractivity contribution in [2.75, 3.05) is 11.1 Å². The van der Waals surface area contributed by atoms with E-state index in [9.17, 15) is 9.59 Å². The highest BCUT2D eigenvalue weighted by Gasteiger charge is 2.16. The summed E-state index contributed by atoms with van der Waals surface area (Å²) >= 11 is 1.30. The lowest BCUT2D eigenvalue weighted by Gasteiger charge is -2.12. The van der Waals surface area contributed by atoms with E-state index in [0.717, 1.165) is 22.6 Å². The van der Waals surface area contributed by atoms with E-state index >= 15 is 0 Å². The molecule has 0 unspecified atom stereocenters. The molecule has 0 saturated heterocycles. The third kappa shape index (κ3) is 5.52. The van der Waals surface area contributed by atoms with Gasteiger partial charge in [0, 0.05) is 6.54 Å². The standard InChI is InChI=1S/C26H25N5O2S/c1-18-10-6-9-15-23(18)31-19(2)29-30-26(31)34-17-24(32)28-22-14-8-7-13-21(22)25(33)27-16-20-11-4-3-5-12-20/h3-15H,16-17H2,1-2H3,(H,27,33)(H,28,32). The van der Waals surface area contributed by atoms with E-state index in [0.29, 0.717) is 23.0 Å². The molecule has 0 fully saturated rings. The number of carbonyl (C=O) groups excluding carboxylic acids is 2. The van der Waals surface area contributed by atoms with Gasteiger partial charge < -0.3 is 10.6 Å². The number of amides is 2. The molecule has 0 radical (unpaired) electrons. The molecule has 0 aliphatic rings. The number of nitrogens with zero attached hydrogens (tertiary/aromatic N) is 3. The fraction of sp³-hybridized carbons (Fsp3) is 0.154. The van der Waals surface area contributed by atoms with E-state index < -0.39 is 0 Å². The van der Waals surface area contributed by atoms with Gasteiger partial charge in [-0.3, -0.25) is 14.2 Å². The molecule has 0 aliphatic heterocycles. The Hall–Kier alpha value is -3.91. The molecule has 3 aromatic carbocycles. The van der Waals surface area contributed by atoms with Gasteiger partial charge in [-0.25, -0.2) is 0 Å². The van der Waals surface area contributed by atoms with Crippen molar-refractivity contribution >= 4 is 29.3 Å². The smallest absolute Gasteiger partial charge is 0.253 e. The van der Waals surface area contributed by atoms with Gasteiger partial charge in [0.1, 0.15) is 5.82 Å². The van der Waals surface area contributed by atoms with E-state index in [1.165, 1.54) is 11.8 Å². The fourth-order valence-corrected chi connectivity index (χ4v) is 4.30. The number of thioether (sulfide) groups is 1. The van der Waals surface area contributed by atoms with Gasteiger partial charge in [-0.05, 0) is 43.2 Å². The Kier molecular flexibility index (Phi) is 7.39. The molecule has 2 amide bonds. The number of aryl methyl sites for hydroxylation is 2. The van der Waals surface area contributed by atoms with Gasteiger partial charge in [-0.2, -0.15) is 0 Å². The van der Waals surface area contributed by atoms with Crippen LogP contribution in [0.15, 0.2) is 84.0 Å². The first-order valence-electron chi connectivity index (χ1n) is 10.8. The SMILES string of the molecule is Cc1ccccc1-n1c(C)nnc1SCC(=O)Nc1ccccc1C(=O)NCc1ccccc1. The van der Waals surface area contributed by atoms with Crippen LogP contribution < -0.4 is 10.6 Å². The summed E-state index contributed by atoms with van der Waals surface area (Å²) in [4.78, 5) is 25.5. The molecule has 8 heteroatoms. The topological polar surface area (TPSA) is 88.9 Å². The number of hydrogen-bond acceptors (Lipinski definition) is 5. The number of nitrogens with one attached hydrogen (secondary N) is 2. The maximum absolute atomic E-state index is 12.7. The number of aromatic nitrogens is 3. The molecule has 4 rings (SSSR count). The molecule has 0 saturated carbocycles. The Morgan fingerprint density at radius 1 is 0.882 bits per heavy atom. The monoisotopic (exact) mass is 471 g/mol. The highest BCUT2D eigenvalue weighted by Crippen LogP contribution is 2.24.